The van der Waals surface area contributed by atoms with E-state index in [1.807, 2.05) is 0 Å². The molecule has 24 heavy (non-hydrogen) atoms. The van der Waals surface area contributed by atoms with E-state index in [-0.39, 0.29) is 23.7 Å². The molecular formula is C16H8F6O2. The Hall–Kier alpha value is -2.64. The molecule has 0 fully saturated rings. The van der Waals surface area contributed by atoms with Crippen molar-refractivity contribution in [3.8, 4) is 11.1 Å². The molecule has 0 unspecified atom stereocenters. The Morgan fingerprint density at radius 1 is 0.625 bits per heavy atom. The first-order chi connectivity index (χ1) is 11.1. The van der Waals surface area contributed by atoms with Crippen LogP contribution in [0.25, 0.3) is 11.1 Å². The normalized spacial score (nSPS) is 12.1. The van der Waals surface area contributed by atoms with Gasteiger partial charge in [0.05, 0.1) is 11.1 Å². The van der Waals surface area contributed by atoms with E-state index < -0.39 is 34.6 Å². The molecular weight excluding hydrogens is 338 g/mol. The molecule has 0 bridgehead atoms. The van der Waals surface area contributed by atoms with Gasteiger partial charge in [-0.1, -0.05) is 12.1 Å². The van der Waals surface area contributed by atoms with Crippen molar-refractivity contribution in [2.45, 2.75) is 12.4 Å². The maximum atomic E-state index is 13.1. The number of aldehydes is 2. The average molecular weight is 346 g/mol. The molecule has 0 heterocycles. The lowest BCUT2D eigenvalue weighted by Crippen LogP contribution is -2.12. The predicted molar refractivity (Wildman–Crippen MR) is 72.7 cm³/mol. The van der Waals surface area contributed by atoms with E-state index in [1.54, 1.807) is 0 Å². The molecule has 0 aliphatic carbocycles. The van der Waals surface area contributed by atoms with Crippen molar-refractivity contribution in [1.82, 2.24) is 0 Å². The molecule has 2 aromatic rings. The first kappa shape index (κ1) is 17.7. The van der Waals surface area contributed by atoms with Crippen LogP contribution in [0.1, 0.15) is 31.8 Å². The summed E-state index contributed by atoms with van der Waals surface area (Å²) in [5, 5.41) is 0. The molecule has 0 aromatic heterocycles. The van der Waals surface area contributed by atoms with Crippen LogP contribution in [-0.4, -0.2) is 12.6 Å². The fourth-order valence-corrected chi connectivity index (χ4v) is 2.21. The van der Waals surface area contributed by atoms with Crippen molar-refractivity contribution >= 4 is 12.6 Å². The highest BCUT2D eigenvalue weighted by Crippen LogP contribution is 2.43. The van der Waals surface area contributed by atoms with Crippen molar-refractivity contribution in [3.05, 3.63) is 58.7 Å². The largest absolute Gasteiger partial charge is 0.417 e. The number of benzene rings is 2. The molecule has 0 saturated heterocycles. The average Bonchev–Trinajstić information content (AvgIpc) is 2.51. The second-order valence-corrected chi connectivity index (χ2v) is 4.84. The summed E-state index contributed by atoms with van der Waals surface area (Å²) in [6, 6.07) is 4.22. The van der Waals surface area contributed by atoms with Crippen LogP contribution in [0.2, 0.25) is 0 Å². The monoisotopic (exact) mass is 346 g/mol. The van der Waals surface area contributed by atoms with E-state index in [1.165, 1.54) is 0 Å². The zero-order chi connectivity index (χ0) is 18.1. The predicted octanol–water partition coefficient (Wildman–Crippen LogP) is 5.02. The summed E-state index contributed by atoms with van der Waals surface area (Å²) in [4.78, 5) is 21.6. The van der Waals surface area contributed by atoms with Gasteiger partial charge >= 0.3 is 12.4 Å². The molecule has 8 heteroatoms. The summed E-state index contributed by atoms with van der Waals surface area (Å²) in [6.45, 7) is 0. The lowest BCUT2D eigenvalue weighted by Gasteiger charge is -2.18. The van der Waals surface area contributed by atoms with E-state index in [0.717, 1.165) is 24.3 Å². The van der Waals surface area contributed by atoms with Gasteiger partial charge in [0, 0.05) is 11.1 Å². The Kier molecular flexibility index (Phi) is 4.50. The molecule has 2 rings (SSSR count). The van der Waals surface area contributed by atoms with Gasteiger partial charge in [0.15, 0.2) is 0 Å². The Balaban J connectivity index is 2.88. The molecule has 2 nitrogen and oxygen atoms in total. The standard InChI is InChI=1S/C16H8F6O2/c17-15(18,19)13-3-1-9(7-23)5-11(13)12-6-10(8-24)2-4-14(12)16(20,21)22/h1-8H. The number of rotatable bonds is 3. The van der Waals surface area contributed by atoms with E-state index in [2.05, 4.69) is 0 Å². The molecule has 0 aliphatic heterocycles. The molecule has 0 radical (unpaired) electrons. The number of carbonyl (C=O) groups is 2. The quantitative estimate of drug-likeness (QED) is 0.578. The summed E-state index contributed by atoms with van der Waals surface area (Å²) in [5.41, 5.74) is -4.74. The maximum Gasteiger partial charge on any atom is 0.417 e. The highest BCUT2D eigenvalue weighted by molar-refractivity contribution is 5.85. The molecule has 2 aromatic carbocycles. The molecule has 0 saturated carbocycles. The van der Waals surface area contributed by atoms with E-state index in [0.29, 0.717) is 12.1 Å². The van der Waals surface area contributed by atoms with Crippen molar-refractivity contribution in [2.24, 2.45) is 0 Å². The summed E-state index contributed by atoms with van der Waals surface area (Å²) in [7, 11) is 0. The van der Waals surface area contributed by atoms with Gasteiger partial charge in [0.1, 0.15) is 12.6 Å². The Morgan fingerprint density at radius 3 is 1.21 bits per heavy atom. The number of hydrogen-bond acceptors (Lipinski definition) is 2. The molecule has 0 atom stereocenters. The summed E-state index contributed by atoms with van der Waals surface area (Å²) in [6.07, 6.45) is -9.42. The SMILES string of the molecule is O=Cc1ccc(C(F)(F)F)c(-c2cc(C=O)ccc2C(F)(F)F)c1. The Morgan fingerprint density at radius 2 is 0.958 bits per heavy atom. The summed E-state index contributed by atoms with van der Waals surface area (Å²) in [5.74, 6) is 0. The smallest absolute Gasteiger partial charge is 0.298 e. The molecule has 0 amide bonds. The third-order valence-corrected chi connectivity index (χ3v) is 3.26. The third kappa shape index (κ3) is 3.47. The minimum Gasteiger partial charge on any atom is -0.298 e. The second kappa shape index (κ2) is 6.10. The van der Waals surface area contributed by atoms with Gasteiger partial charge in [-0.3, -0.25) is 9.59 Å². The van der Waals surface area contributed by atoms with Crippen LogP contribution in [-0.2, 0) is 12.4 Å². The fourth-order valence-electron chi connectivity index (χ4n) is 2.21. The van der Waals surface area contributed by atoms with Gasteiger partial charge in [-0.2, -0.15) is 26.3 Å². The first-order valence-electron chi connectivity index (χ1n) is 6.41. The molecule has 0 aliphatic rings. The van der Waals surface area contributed by atoms with E-state index in [9.17, 15) is 35.9 Å². The topological polar surface area (TPSA) is 34.1 Å². The van der Waals surface area contributed by atoms with Crippen molar-refractivity contribution in [1.29, 1.82) is 0 Å². The second-order valence-electron chi connectivity index (χ2n) is 4.84. The number of halogens is 6. The zero-order valence-electron chi connectivity index (χ0n) is 11.7. The van der Waals surface area contributed by atoms with E-state index >= 15 is 0 Å². The minimum absolute atomic E-state index is 0.220. The van der Waals surface area contributed by atoms with Gasteiger partial charge in [-0.25, -0.2) is 0 Å². The highest BCUT2D eigenvalue weighted by Gasteiger charge is 2.38. The van der Waals surface area contributed by atoms with Crippen molar-refractivity contribution in [2.75, 3.05) is 0 Å². The molecule has 126 valence electrons. The third-order valence-electron chi connectivity index (χ3n) is 3.26. The van der Waals surface area contributed by atoms with Gasteiger partial charge in [-0.05, 0) is 35.4 Å². The van der Waals surface area contributed by atoms with Crippen molar-refractivity contribution < 1.29 is 35.9 Å². The van der Waals surface area contributed by atoms with Gasteiger partial charge in [0.2, 0.25) is 0 Å². The highest BCUT2D eigenvalue weighted by atomic mass is 19.4. The number of hydrogen-bond donors (Lipinski definition) is 0. The number of alkyl halides is 6. The van der Waals surface area contributed by atoms with Crippen LogP contribution < -0.4 is 0 Å². The fraction of sp³-hybridized carbons (Fsp3) is 0.125. The molecule has 0 N–H and O–H groups in total. The van der Waals surface area contributed by atoms with Crippen LogP contribution in [0.4, 0.5) is 26.3 Å². The zero-order valence-corrected chi connectivity index (χ0v) is 11.7. The van der Waals surface area contributed by atoms with Crippen LogP contribution in [0.5, 0.6) is 0 Å². The van der Waals surface area contributed by atoms with Crippen LogP contribution in [0.3, 0.4) is 0 Å². The molecule has 0 spiro atoms. The van der Waals surface area contributed by atoms with Crippen LogP contribution >= 0.6 is 0 Å². The minimum atomic E-state index is -4.93. The maximum absolute atomic E-state index is 13.1. The first-order valence-corrected chi connectivity index (χ1v) is 6.41. The lowest BCUT2D eigenvalue weighted by atomic mass is 9.92. The lowest BCUT2D eigenvalue weighted by molar-refractivity contribution is -0.139. The van der Waals surface area contributed by atoms with E-state index in [4.69, 9.17) is 0 Å². The van der Waals surface area contributed by atoms with Crippen LogP contribution in [0, 0.1) is 0 Å². The Labute approximate surface area is 131 Å². The summed E-state index contributed by atoms with van der Waals surface area (Å²) >= 11 is 0. The van der Waals surface area contributed by atoms with Crippen molar-refractivity contribution in [3.63, 3.8) is 0 Å². The Bertz CT molecular complexity index is 723. The van der Waals surface area contributed by atoms with Crippen LogP contribution in [0.15, 0.2) is 36.4 Å². The summed E-state index contributed by atoms with van der Waals surface area (Å²) < 4.78 is 78.8. The van der Waals surface area contributed by atoms with Gasteiger partial charge < -0.3 is 0 Å². The van der Waals surface area contributed by atoms with Gasteiger partial charge in [0.25, 0.3) is 0 Å². The van der Waals surface area contributed by atoms with Gasteiger partial charge in [-0.15, -0.1) is 0 Å². The number of carbonyl (C=O) groups excluding carboxylic acids is 2.